The first kappa shape index (κ1) is 16.1. The number of anilines is 1. The van der Waals surface area contributed by atoms with Gasteiger partial charge in [-0.2, -0.15) is 0 Å². The predicted molar refractivity (Wildman–Crippen MR) is 94.1 cm³/mol. The number of pyridine rings is 1. The molecule has 0 aliphatic rings. The molecule has 0 radical (unpaired) electrons. The molecule has 2 heterocycles. The molecular weight excluding hydrogens is 302 g/mol. The number of rotatable bonds is 8. The van der Waals surface area contributed by atoms with Crippen molar-refractivity contribution in [1.29, 1.82) is 0 Å². The van der Waals surface area contributed by atoms with E-state index in [1.807, 2.05) is 12.1 Å². The van der Waals surface area contributed by atoms with Crippen molar-refractivity contribution in [3.05, 3.63) is 78.2 Å². The number of benzene rings is 1. The maximum atomic E-state index is 8.72. The molecule has 0 unspecified atom stereocenters. The number of nitrogens with zero attached hydrogens (tertiary/aromatic N) is 2. The Kier molecular flexibility index (Phi) is 5.48. The van der Waals surface area contributed by atoms with Crippen molar-refractivity contribution in [2.45, 2.75) is 13.1 Å². The lowest BCUT2D eigenvalue weighted by atomic mass is 10.2. The summed E-state index contributed by atoms with van der Waals surface area (Å²) in [6.07, 6.45) is 5.97. The third kappa shape index (κ3) is 4.60. The summed E-state index contributed by atoms with van der Waals surface area (Å²) < 4.78 is 7.42. The van der Waals surface area contributed by atoms with Crippen LogP contribution in [0.3, 0.4) is 0 Å². The van der Waals surface area contributed by atoms with E-state index in [1.54, 1.807) is 12.3 Å². The average molecular weight is 323 g/mol. The second-order valence-corrected chi connectivity index (χ2v) is 5.49. The first-order valence-electron chi connectivity index (χ1n) is 7.95. The Hall–Kier alpha value is -2.79. The zero-order valence-corrected chi connectivity index (χ0v) is 13.4. The second-order valence-electron chi connectivity index (χ2n) is 5.49. The fourth-order valence-corrected chi connectivity index (χ4v) is 2.41. The molecule has 0 aliphatic heterocycles. The molecule has 24 heavy (non-hydrogen) atoms. The predicted octanol–water partition coefficient (Wildman–Crippen LogP) is 2.91. The van der Waals surface area contributed by atoms with Crippen molar-refractivity contribution in [3.63, 3.8) is 0 Å². The van der Waals surface area contributed by atoms with Crippen LogP contribution >= 0.6 is 0 Å². The summed E-state index contributed by atoms with van der Waals surface area (Å²) in [6.45, 7) is 1.86. The van der Waals surface area contributed by atoms with Crippen molar-refractivity contribution in [1.82, 2.24) is 9.55 Å². The number of aliphatic hydroxyl groups excluding tert-OH is 1. The number of aromatic nitrogens is 2. The first-order valence-corrected chi connectivity index (χ1v) is 7.95. The van der Waals surface area contributed by atoms with E-state index in [1.165, 1.54) is 11.1 Å². The number of nitrogens with one attached hydrogen (secondary N) is 1. The molecule has 0 fully saturated rings. The van der Waals surface area contributed by atoms with Gasteiger partial charge >= 0.3 is 0 Å². The minimum atomic E-state index is -0.0122. The van der Waals surface area contributed by atoms with Crippen LogP contribution in [0.15, 0.2) is 67.1 Å². The van der Waals surface area contributed by atoms with Gasteiger partial charge in [-0.05, 0) is 23.3 Å². The fraction of sp³-hybridized carbons (Fsp3) is 0.211. The van der Waals surface area contributed by atoms with Gasteiger partial charge in [-0.1, -0.05) is 30.3 Å². The molecule has 2 aromatic heterocycles. The van der Waals surface area contributed by atoms with E-state index in [-0.39, 0.29) is 13.2 Å². The number of hydrogen-bond donors (Lipinski definition) is 2. The molecule has 0 atom stereocenters. The maximum absolute atomic E-state index is 8.72. The molecule has 0 bridgehead atoms. The van der Waals surface area contributed by atoms with E-state index in [0.29, 0.717) is 5.88 Å². The largest absolute Gasteiger partial charge is 0.475 e. The molecule has 0 saturated heterocycles. The van der Waals surface area contributed by atoms with Gasteiger partial charge in [0.25, 0.3) is 0 Å². The highest BCUT2D eigenvalue weighted by Gasteiger charge is 2.00. The van der Waals surface area contributed by atoms with Gasteiger partial charge in [-0.25, -0.2) is 4.98 Å². The quantitative estimate of drug-likeness (QED) is 0.669. The number of ether oxygens (including phenoxy) is 1. The molecule has 0 spiro atoms. The number of hydrogen-bond acceptors (Lipinski definition) is 4. The minimum Gasteiger partial charge on any atom is -0.475 e. The second kappa shape index (κ2) is 8.17. The van der Waals surface area contributed by atoms with Crippen LogP contribution < -0.4 is 10.1 Å². The van der Waals surface area contributed by atoms with Gasteiger partial charge in [-0.3, -0.25) is 0 Å². The van der Waals surface area contributed by atoms with E-state index in [4.69, 9.17) is 9.84 Å². The molecule has 5 nitrogen and oxygen atoms in total. The summed E-state index contributed by atoms with van der Waals surface area (Å²) in [6, 6.07) is 16.2. The lowest BCUT2D eigenvalue weighted by Gasteiger charge is -2.07. The average Bonchev–Trinajstić information content (AvgIpc) is 3.07. The first-order chi connectivity index (χ1) is 11.8. The summed E-state index contributed by atoms with van der Waals surface area (Å²) >= 11 is 0. The van der Waals surface area contributed by atoms with Crippen LogP contribution in [0.4, 0.5) is 5.69 Å². The third-order valence-corrected chi connectivity index (χ3v) is 3.59. The Morgan fingerprint density at radius 1 is 1.04 bits per heavy atom. The molecule has 2 N–H and O–H groups in total. The standard InChI is InChI=1S/C19H21N3O2/c23-10-11-24-19-7-6-18(13-21-19)20-12-17-8-9-22(15-17)14-16-4-2-1-3-5-16/h1-9,13,15,20,23H,10-12,14H2. The lowest BCUT2D eigenvalue weighted by molar-refractivity contribution is 0.196. The Morgan fingerprint density at radius 2 is 1.92 bits per heavy atom. The molecule has 3 rings (SSSR count). The topological polar surface area (TPSA) is 59.3 Å². The van der Waals surface area contributed by atoms with Crippen LogP contribution in [0.1, 0.15) is 11.1 Å². The van der Waals surface area contributed by atoms with Crippen molar-refractivity contribution < 1.29 is 9.84 Å². The summed E-state index contributed by atoms with van der Waals surface area (Å²) in [5.41, 5.74) is 3.43. The molecule has 124 valence electrons. The van der Waals surface area contributed by atoms with Crippen LogP contribution in [0, 0.1) is 0 Å². The van der Waals surface area contributed by atoms with Crippen molar-refractivity contribution in [2.75, 3.05) is 18.5 Å². The molecular formula is C19H21N3O2. The molecule has 0 saturated carbocycles. The molecule has 0 amide bonds. The van der Waals surface area contributed by atoms with Crippen LogP contribution in [0.25, 0.3) is 0 Å². The highest BCUT2D eigenvalue weighted by Crippen LogP contribution is 2.13. The SMILES string of the molecule is OCCOc1ccc(NCc2ccn(Cc3ccccc3)c2)cn1. The highest BCUT2D eigenvalue weighted by molar-refractivity contribution is 5.42. The van der Waals surface area contributed by atoms with E-state index in [0.717, 1.165) is 18.8 Å². The summed E-state index contributed by atoms with van der Waals surface area (Å²) in [4.78, 5) is 4.19. The monoisotopic (exact) mass is 323 g/mol. The van der Waals surface area contributed by atoms with Crippen molar-refractivity contribution in [2.24, 2.45) is 0 Å². The Balaban J connectivity index is 1.51. The van der Waals surface area contributed by atoms with Gasteiger partial charge in [0, 0.05) is 31.5 Å². The van der Waals surface area contributed by atoms with Gasteiger partial charge in [-0.15, -0.1) is 0 Å². The Labute approximate surface area is 141 Å². The smallest absolute Gasteiger partial charge is 0.213 e. The van der Waals surface area contributed by atoms with Crippen LogP contribution in [0.5, 0.6) is 5.88 Å². The van der Waals surface area contributed by atoms with Crippen molar-refractivity contribution in [3.8, 4) is 5.88 Å². The van der Waals surface area contributed by atoms with Gasteiger partial charge in [0.15, 0.2) is 0 Å². The summed E-state index contributed by atoms with van der Waals surface area (Å²) in [5, 5.41) is 12.1. The Morgan fingerprint density at radius 3 is 2.67 bits per heavy atom. The van der Waals surface area contributed by atoms with E-state index >= 15 is 0 Å². The molecule has 1 aromatic carbocycles. The minimum absolute atomic E-state index is 0.0122. The van der Waals surface area contributed by atoms with Gasteiger partial charge in [0.05, 0.1) is 18.5 Å². The van der Waals surface area contributed by atoms with Gasteiger partial charge in [0.2, 0.25) is 5.88 Å². The third-order valence-electron chi connectivity index (χ3n) is 3.59. The fourth-order valence-electron chi connectivity index (χ4n) is 2.41. The summed E-state index contributed by atoms with van der Waals surface area (Å²) in [5.74, 6) is 0.517. The lowest BCUT2D eigenvalue weighted by Crippen LogP contribution is -2.04. The zero-order chi connectivity index (χ0) is 16.6. The van der Waals surface area contributed by atoms with E-state index in [2.05, 4.69) is 57.6 Å². The van der Waals surface area contributed by atoms with E-state index in [9.17, 15) is 0 Å². The van der Waals surface area contributed by atoms with Crippen LogP contribution in [-0.2, 0) is 13.1 Å². The number of aliphatic hydroxyl groups is 1. The molecule has 0 aliphatic carbocycles. The molecule has 5 heteroatoms. The van der Waals surface area contributed by atoms with Crippen molar-refractivity contribution >= 4 is 5.69 Å². The van der Waals surface area contributed by atoms with E-state index < -0.39 is 0 Å². The highest BCUT2D eigenvalue weighted by atomic mass is 16.5. The zero-order valence-electron chi connectivity index (χ0n) is 13.4. The van der Waals surface area contributed by atoms with Gasteiger partial charge in [0.1, 0.15) is 6.61 Å². The maximum Gasteiger partial charge on any atom is 0.213 e. The molecule has 3 aromatic rings. The van der Waals surface area contributed by atoms with Crippen LogP contribution in [-0.4, -0.2) is 27.9 Å². The normalized spacial score (nSPS) is 10.5. The Bertz CT molecular complexity index is 739. The summed E-state index contributed by atoms with van der Waals surface area (Å²) in [7, 11) is 0. The van der Waals surface area contributed by atoms with Gasteiger partial charge < -0.3 is 19.7 Å². The van der Waals surface area contributed by atoms with Crippen LogP contribution in [0.2, 0.25) is 0 Å².